The molecule has 2 aromatic carbocycles. The average Bonchev–Trinajstić information content (AvgIpc) is 2.94. The predicted molar refractivity (Wildman–Crippen MR) is 141 cm³/mol. The molecule has 1 amide bonds. The first-order chi connectivity index (χ1) is 18.4. The highest BCUT2D eigenvalue weighted by Gasteiger charge is 2.23. The molecule has 1 aliphatic rings. The lowest BCUT2D eigenvalue weighted by Crippen LogP contribution is -2.21. The van der Waals surface area contributed by atoms with Crippen LogP contribution in [0.5, 0.6) is 5.75 Å². The molecule has 0 bridgehead atoms. The number of benzene rings is 2. The van der Waals surface area contributed by atoms with Gasteiger partial charge in [-0.15, -0.1) is 0 Å². The second-order valence-corrected chi connectivity index (χ2v) is 7.62. The van der Waals surface area contributed by atoms with Gasteiger partial charge in [-0.1, -0.05) is 36.4 Å². The van der Waals surface area contributed by atoms with Crippen molar-refractivity contribution in [3.05, 3.63) is 94.8 Å². The first kappa shape index (κ1) is 29.5. The second-order valence-electron chi connectivity index (χ2n) is 7.62. The van der Waals surface area contributed by atoms with E-state index in [0.717, 1.165) is 18.2 Å². The molecule has 10 heteroatoms. The maximum Gasteiger partial charge on any atom is 0.411 e. The Bertz CT molecular complexity index is 1280. The van der Waals surface area contributed by atoms with Crippen LogP contribution in [0, 0.1) is 17.1 Å². The lowest BCUT2D eigenvalue weighted by atomic mass is 10.1. The summed E-state index contributed by atoms with van der Waals surface area (Å²) in [5.74, 6) is -0.872. The number of nitrogens with one attached hydrogen (secondary N) is 1. The smallest absolute Gasteiger partial charge is 0.411 e. The summed E-state index contributed by atoms with van der Waals surface area (Å²) < 4.78 is 30.2. The number of nitriles is 1. The van der Waals surface area contributed by atoms with Gasteiger partial charge >= 0.3 is 6.09 Å². The number of aldehydes is 1. The normalized spacial score (nSPS) is 13.8. The van der Waals surface area contributed by atoms with E-state index in [9.17, 15) is 19.2 Å². The van der Waals surface area contributed by atoms with Gasteiger partial charge in [-0.2, -0.15) is 10.4 Å². The number of carbonyl (C=O) groups is 2. The number of anilines is 1. The van der Waals surface area contributed by atoms with Gasteiger partial charge in [0.2, 0.25) is 0 Å². The molecule has 0 aliphatic carbocycles. The van der Waals surface area contributed by atoms with Crippen molar-refractivity contribution in [3.8, 4) is 11.8 Å². The van der Waals surface area contributed by atoms with Gasteiger partial charge in [0, 0.05) is 37.2 Å². The van der Waals surface area contributed by atoms with Crippen LogP contribution >= 0.6 is 0 Å². The Hall–Kier alpha value is -4.75. The van der Waals surface area contributed by atoms with Gasteiger partial charge in [-0.25, -0.2) is 14.2 Å². The minimum atomic E-state index is -0.769. The van der Waals surface area contributed by atoms with Gasteiger partial charge in [0.15, 0.2) is 17.3 Å². The van der Waals surface area contributed by atoms with E-state index in [0.29, 0.717) is 17.6 Å². The number of nitrogens with zero attached hydrogens (tertiary/aromatic N) is 3. The molecular formula is C28H29FN4O5. The van der Waals surface area contributed by atoms with Crippen LogP contribution in [0.25, 0.3) is 0 Å². The van der Waals surface area contributed by atoms with Crippen LogP contribution in [0.4, 0.5) is 14.9 Å². The molecule has 0 radical (unpaired) electrons. The number of rotatable bonds is 8. The minimum absolute atomic E-state index is 0.0665. The second kappa shape index (κ2) is 15.4. The summed E-state index contributed by atoms with van der Waals surface area (Å²) in [4.78, 5) is 23.0. The third-order valence-electron chi connectivity index (χ3n) is 4.83. The number of amides is 1. The Balaban J connectivity index is 0.00000118. The largest absolute Gasteiger partial charge is 0.451 e. The standard InChI is InChI=1S/C25H21FN4O4.C3H8O/c1-3-22-24(19(12-27)13-28-30(22)14-17(2)15-31)34-23-10-9-20(11-21(23)26)29-25(32)33-16-18-7-5-4-6-8-18;1-3-4-2/h3-11,13-15H,16H2,1-2H3,(H,29,32);3H2,1-2H3/b17-14+,22-3+;. The highest BCUT2D eigenvalue weighted by atomic mass is 19.1. The van der Waals surface area contributed by atoms with Crippen molar-refractivity contribution in [3.63, 3.8) is 0 Å². The van der Waals surface area contributed by atoms with Gasteiger partial charge in [0.05, 0.1) is 6.21 Å². The summed E-state index contributed by atoms with van der Waals surface area (Å²) in [6.07, 6.45) is 4.25. The fraction of sp³-hybridized carbons (Fsp3) is 0.214. The molecule has 0 atom stereocenters. The molecule has 198 valence electrons. The maximum absolute atomic E-state index is 14.8. The highest BCUT2D eigenvalue weighted by Crippen LogP contribution is 2.30. The van der Waals surface area contributed by atoms with Gasteiger partial charge in [0.25, 0.3) is 0 Å². The number of halogens is 1. The van der Waals surface area contributed by atoms with Gasteiger partial charge in [-0.05, 0) is 38.5 Å². The molecule has 38 heavy (non-hydrogen) atoms. The predicted octanol–water partition coefficient (Wildman–Crippen LogP) is 5.69. The van der Waals surface area contributed by atoms with E-state index in [1.165, 1.54) is 29.6 Å². The molecule has 0 saturated heterocycles. The maximum atomic E-state index is 14.8. The zero-order chi connectivity index (χ0) is 27.9. The van der Waals surface area contributed by atoms with E-state index in [-0.39, 0.29) is 29.4 Å². The van der Waals surface area contributed by atoms with Crippen LogP contribution in [0.1, 0.15) is 26.3 Å². The number of methoxy groups -OCH3 is 1. The SMILES string of the molecule is C/C=C1\C(Oc2ccc(NC(=O)OCc3ccccc3)cc2F)=C(C#N)C=NN1/C=C(\C)C=O.CCOC. The third-order valence-corrected chi connectivity index (χ3v) is 4.83. The summed E-state index contributed by atoms with van der Waals surface area (Å²) in [5.41, 5.74) is 1.80. The van der Waals surface area contributed by atoms with Crippen molar-refractivity contribution in [1.82, 2.24) is 5.01 Å². The van der Waals surface area contributed by atoms with Crippen LogP contribution < -0.4 is 10.1 Å². The van der Waals surface area contributed by atoms with Crippen LogP contribution in [0.2, 0.25) is 0 Å². The van der Waals surface area contributed by atoms with Crippen molar-refractivity contribution < 1.29 is 28.2 Å². The number of carbonyl (C=O) groups excluding carboxylic acids is 2. The van der Waals surface area contributed by atoms with E-state index in [1.807, 2.05) is 43.3 Å². The van der Waals surface area contributed by atoms with Crippen molar-refractivity contribution in [2.45, 2.75) is 27.4 Å². The lowest BCUT2D eigenvalue weighted by Gasteiger charge is -2.25. The van der Waals surface area contributed by atoms with Crippen molar-refractivity contribution in [2.24, 2.45) is 5.10 Å². The van der Waals surface area contributed by atoms with Gasteiger partial charge in [0.1, 0.15) is 30.2 Å². The Morgan fingerprint density at radius 1 is 1.24 bits per heavy atom. The van der Waals surface area contributed by atoms with E-state index < -0.39 is 11.9 Å². The molecular weight excluding hydrogens is 491 g/mol. The zero-order valence-electron chi connectivity index (χ0n) is 21.6. The van der Waals surface area contributed by atoms with Crippen LogP contribution in [0.3, 0.4) is 0 Å². The first-order valence-electron chi connectivity index (χ1n) is 11.6. The summed E-state index contributed by atoms with van der Waals surface area (Å²) >= 11 is 0. The molecule has 0 unspecified atom stereocenters. The van der Waals surface area contributed by atoms with E-state index in [1.54, 1.807) is 27.0 Å². The Kier molecular flexibility index (Phi) is 11.9. The Labute approximate surface area is 221 Å². The summed E-state index contributed by atoms with van der Waals surface area (Å²) in [6, 6.07) is 14.9. The topological polar surface area (TPSA) is 113 Å². The minimum Gasteiger partial charge on any atom is -0.451 e. The van der Waals surface area contributed by atoms with Crippen molar-refractivity contribution in [2.75, 3.05) is 19.0 Å². The monoisotopic (exact) mass is 520 g/mol. The van der Waals surface area contributed by atoms with Crippen LogP contribution in [-0.4, -0.2) is 37.3 Å². The number of hydrogen-bond donors (Lipinski definition) is 1. The zero-order valence-corrected chi connectivity index (χ0v) is 21.6. The fourth-order valence-electron chi connectivity index (χ4n) is 2.91. The molecule has 0 spiro atoms. The third kappa shape index (κ3) is 8.72. The van der Waals surface area contributed by atoms with Crippen LogP contribution in [0.15, 0.2) is 88.5 Å². The molecule has 0 saturated carbocycles. The number of allylic oxidation sites excluding steroid dienone is 3. The van der Waals surface area contributed by atoms with Crippen molar-refractivity contribution in [1.29, 1.82) is 5.26 Å². The number of hydrazone groups is 1. The quantitative estimate of drug-likeness (QED) is 0.351. The Morgan fingerprint density at radius 3 is 2.53 bits per heavy atom. The van der Waals surface area contributed by atoms with E-state index in [2.05, 4.69) is 15.2 Å². The molecule has 1 heterocycles. The van der Waals surface area contributed by atoms with Crippen molar-refractivity contribution >= 4 is 24.3 Å². The first-order valence-corrected chi connectivity index (χ1v) is 11.6. The van der Waals surface area contributed by atoms with Crippen LogP contribution in [-0.2, 0) is 20.9 Å². The summed E-state index contributed by atoms with van der Waals surface area (Å²) in [6.45, 7) is 6.13. The van der Waals surface area contributed by atoms with Gasteiger partial charge < -0.3 is 14.2 Å². The summed E-state index contributed by atoms with van der Waals surface area (Å²) in [5, 5.41) is 17.4. The van der Waals surface area contributed by atoms with E-state index >= 15 is 0 Å². The number of ether oxygens (including phenoxy) is 3. The molecule has 0 aromatic heterocycles. The summed E-state index contributed by atoms with van der Waals surface area (Å²) in [7, 11) is 1.68. The number of hydrogen-bond acceptors (Lipinski definition) is 8. The highest BCUT2D eigenvalue weighted by molar-refractivity contribution is 5.87. The average molecular weight is 521 g/mol. The fourth-order valence-corrected chi connectivity index (χ4v) is 2.91. The molecule has 1 aliphatic heterocycles. The molecule has 9 nitrogen and oxygen atoms in total. The molecule has 2 aromatic rings. The molecule has 0 fully saturated rings. The molecule has 1 N–H and O–H groups in total. The van der Waals surface area contributed by atoms with Gasteiger partial charge in [-0.3, -0.25) is 10.1 Å². The lowest BCUT2D eigenvalue weighted by molar-refractivity contribution is -0.104. The Morgan fingerprint density at radius 2 is 1.95 bits per heavy atom. The van der Waals surface area contributed by atoms with E-state index in [4.69, 9.17) is 9.47 Å². The molecule has 3 rings (SSSR count).